The van der Waals surface area contributed by atoms with E-state index in [0.717, 1.165) is 44.4 Å². The van der Waals surface area contributed by atoms with E-state index in [0.29, 0.717) is 17.0 Å². The maximum absolute atomic E-state index is 14.0. The molecule has 0 fully saturated rings. The Hall–Kier alpha value is -4.53. The van der Waals surface area contributed by atoms with E-state index in [4.69, 9.17) is 4.98 Å². The van der Waals surface area contributed by atoms with E-state index >= 15 is 0 Å². The molecule has 0 unspecified atom stereocenters. The lowest BCUT2D eigenvalue weighted by atomic mass is 10.0. The van der Waals surface area contributed by atoms with Crippen molar-refractivity contribution < 1.29 is 4.39 Å². The van der Waals surface area contributed by atoms with Gasteiger partial charge >= 0.3 is 0 Å². The van der Waals surface area contributed by atoms with Gasteiger partial charge in [0.05, 0.1) is 34.6 Å². The van der Waals surface area contributed by atoms with Gasteiger partial charge in [0, 0.05) is 35.1 Å². The number of H-pyrrole nitrogens is 2. The number of fused-ring (bicyclic) bond motifs is 2. The lowest BCUT2D eigenvalue weighted by Gasteiger charge is -2.04. The fourth-order valence-corrected chi connectivity index (χ4v) is 3.83. The number of aromatic amines is 2. The van der Waals surface area contributed by atoms with Crippen LogP contribution in [0.5, 0.6) is 0 Å². The average Bonchev–Trinajstić information content (AvgIpc) is 3.42. The Morgan fingerprint density at radius 2 is 1.72 bits per heavy atom. The topological polar surface area (TPSA) is 109 Å². The van der Waals surface area contributed by atoms with E-state index in [1.165, 1.54) is 18.5 Å². The number of nitrogens with zero attached hydrogens (tertiary/aromatic N) is 6. The van der Waals surface area contributed by atoms with Crippen LogP contribution in [-0.4, -0.2) is 40.1 Å². The fraction of sp³-hybridized carbons (Fsp3) is 0.0435. The first-order valence-electron chi connectivity index (χ1n) is 9.87. The molecule has 0 amide bonds. The molecule has 32 heavy (non-hydrogen) atoms. The van der Waals surface area contributed by atoms with Crippen LogP contribution in [-0.2, 0) is 0 Å². The lowest BCUT2D eigenvalue weighted by Crippen LogP contribution is -1.87. The molecule has 6 aromatic rings. The zero-order chi connectivity index (χ0) is 21.7. The summed E-state index contributed by atoms with van der Waals surface area (Å²) in [5, 5.41) is 8.31. The first-order valence-corrected chi connectivity index (χ1v) is 9.87. The number of pyridine rings is 2. The van der Waals surface area contributed by atoms with Crippen LogP contribution in [0.2, 0.25) is 0 Å². The highest BCUT2D eigenvalue weighted by atomic mass is 19.1. The molecule has 0 aliphatic rings. The van der Waals surface area contributed by atoms with Crippen molar-refractivity contribution in [3.63, 3.8) is 0 Å². The maximum atomic E-state index is 14.0. The van der Waals surface area contributed by atoms with Crippen molar-refractivity contribution in [1.29, 1.82) is 0 Å². The fourth-order valence-electron chi connectivity index (χ4n) is 3.83. The van der Waals surface area contributed by atoms with Crippen LogP contribution in [0.1, 0.15) is 5.56 Å². The van der Waals surface area contributed by atoms with Gasteiger partial charge in [0.2, 0.25) is 0 Å². The molecule has 8 nitrogen and oxygen atoms in total. The standard InChI is InChI=1S/C23H15FN8/c1-12-2-13(4-15(24)3-12)17-8-25-9-20-21(17)30-23(29-20)22-16-5-18(14-6-26-11-27-7-14)28-10-19(16)31-32-22/h2-11H,1H3,(H,29,30)(H,31,32). The van der Waals surface area contributed by atoms with Crippen molar-refractivity contribution in [2.75, 3.05) is 0 Å². The summed E-state index contributed by atoms with van der Waals surface area (Å²) < 4.78 is 14.0. The van der Waals surface area contributed by atoms with Gasteiger partial charge in [0.25, 0.3) is 0 Å². The Morgan fingerprint density at radius 3 is 2.56 bits per heavy atom. The van der Waals surface area contributed by atoms with E-state index in [1.807, 2.05) is 19.1 Å². The molecule has 0 saturated heterocycles. The van der Waals surface area contributed by atoms with E-state index in [1.54, 1.807) is 31.0 Å². The summed E-state index contributed by atoms with van der Waals surface area (Å²) in [7, 11) is 0. The summed E-state index contributed by atoms with van der Waals surface area (Å²) in [6.45, 7) is 1.86. The molecule has 0 aliphatic heterocycles. The number of rotatable bonds is 3. The third-order valence-electron chi connectivity index (χ3n) is 5.28. The monoisotopic (exact) mass is 422 g/mol. The van der Waals surface area contributed by atoms with Crippen molar-refractivity contribution in [1.82, 2.24) is 40.1 Å². The average molecular weight is 422 g/mol. The van der Waals surface area contributed by atoms with Gasteiger partial charge in [-0.15, -0.1) is 0 Å². The molecule has 2 N–H and O–H groups in total. The van der Waals surface area contributed by atoms with Crippen LogP contribution >= 0.6 is 0 Å². The third kappa shape index (κ3) is 2.99. The molecule has 5 aromatic heterocycles. The van der Waals surface area contributed by atoms with Crippen LogP contribution in [0.3, 0.4) is 0 Å². The largest absolute Gasteiger partial charge is 0.335 e. The molecule has 0 atom stereocenters. The second-order valence-corrected chi connectivity index (χ2v) is 7.50. The smallest absolute Gasteiger partial charge is 0.159 e. The number of nitrogens with one attached hydrogen (secondary N) is 2. The predicted molar refractivity (Wildman–Crippen MR) is 118 cm³/mol. The quantitative estimate of drug-likeness (QED) is 0.436. The second-order valence-electron chi connectivity index (χ2n) is 7.50. The van der Waals surface area contributed by atoms with Crippen molar-refractivity contribution in [3.8, 4) is 33.9 Å². The van der Waals surface area contributed by atoms with Crippen LogP contribution < -0.4 is 0 Å². The summed E-state index contributed by atoms with van der Waals surface area (Å²) >= 11 is 0. The number of halogens is 1. The Bertz CT molecular complexity index is 1580. The minimum absolute atomic E-state index is 0.295. The first-order chi connectivity index (χ1) is 15.7. The van der Waals surface area contributed by atoms with E-state index < -0.39 is 0 Å². The van der Waals surface area contributed by atoms with Crippen LogP contribution in [0.25, 0.3) is 55.8 Å². The number of aromatic nitrogens is 8. The summed E-state index contributed by atoms with van der Waals surface area (Å²) in [5.41, 5.74) is 6.70. The van der Waals surface area contributed by atoms with Gasteiger partial charge in [-0.25, -0.2) is 19.3 Å². The molecule has 0 spiro atoms. The predicted octanol–water partition coefficient (Wildman–Crippen LogP) is 4.47. The van der Waals surface area contributed by atoms with Gasteiger partial charge in [-0.05, 0) is 36.2 Å². The molecule has 6 rings (SSSR count). The molecule has 0 radical (unpaired) electrons. The number of imidazole rings is 1. The van der Waals surface area contributed by atoms with Crippen molar-refractivity contribution in [2.45, 2.75) is 6.92 Å². The van der Waals surface area contributed by atoms with Crippen LogP contribution in [0.15, 0.2) is 61.6 Å². The molecule has 5 heterocycles. The number of hydrogen-bond donors (Lipinski definition) is 2. The summed E-state index contributed by atoms with van der Waals surface area (Å²) in [5.74, 6) is 0.283. The number of aryl methyl sites for hydroxylation is 1. The maximum Gasteiger partial charge on any atom is 0.159 e. The lowest BCUT2D eigenvalue weighted by molar-refractivity contribution is 0.627. The van der Waals surface area contributed by atoms with Crippen molar-refractivity contribution >= 4 is 21.9 Å². The highest BCUT2D eigenvalue weighted by Gasteiger charge is 2.17. The Morgan fingerprint density at radius 1 is 0.844 bits per heavy atom. The van der Waals surface area contributed by atoms with E-state index in [-0.39, 0.29) is 5.82 Å². The minimum atomic E-state index is -0.295. The highest BCUT2D eigenvalue weighted by molar-refractivity contribution is 5.97. The summed E-state index contributed by atoms with van der Waals surface area (Å²) in [6.07, 6.45) is 10.0. The Balaban J connectivity index is 1.52. The molecular weight excluding hydrogens is 407 g/mol. The molecule has 0 bridgehead atoms. The minimum Gasteiger partial charge on any atom is -0.335 e. The SMILES string of the molecule is Cc1cc(F)cc(-c2cncc3[nH]c(-c4n[nH]c5cnc(-c6cncnc6)cc45)nc23)c1. The van der Waals surface area contributed by atoms with E-state index in [2.05, 4.69) is 35.1 Å². The normalized spacial score (nSPS) is 11.4. The van der Waals surface area contributed by atoms with Gasteiger partial charge < -0.3 is 4.98 Å². The van der Waals surface area contributed by atoms with E-state index in [9.17, 15) is 4.39 Å². The Kier molecular flexibility index (Phi) is 4.00. The molecule has 0 saturated carbocycles. The zero-order valence-corrected chi connectivity index (χ0v) is 16.8. The summed E-state index contributed by atoms with van der Waals surface area (Å²) in [4.78, 5) is 25.0. The molecule has 1 aromatic carbocycles. The van der Waals surface area contributed by atoms with Gasteiger partial charge in [-0.1, -0.05) is 6.07 Å². The third-order valence-corrected chi connectivity index (χ3v) is 5.28. The first kappa shape index (κ1) is 18.3. The van der Waals surface area contributed by atoms with Crippen molar-refractivity contribution in [2.24, 2.45) is 0 Å². The van der Waals surface area contributed by atoms with Gasteiger partial charge in [-0.3, -0.25) is 15.1 Å². The number of benzene rings is 1. The summed E-state index contributed by atoms with van der Waals surface area (Å²) in [6, 6.07) is 6.82. The van der Waals surface area contributed by atoms with Gasteiger partial charge in [-0.2, -0.15) is 5.10 Å². The Labute approximate surface area is 180 Å². The molecule has 0 aliphatic carbocycles. The van der Waals surface area contributed by atoms with Crippen molar-refractivity contribution in [3.05, 3.63) is 73.0 Å². The second kappa shape index (κ2) is 7.02. The van der Waals surface area contributed by atoms with Gasteiger partial charge in [0.1, 0.15) is 17.8 Å². The van der Waals surface area contributed by atoms with Crippen LogP contribution in [0.4, 0.5) is 4.39 Å². The molecule has 9 heteroatoms. The molecule has 154 valence electrons. The van der Waals surface area contributed by atoms with Gasteiger partial charge in [0.15, 0.2) is 5.82 Å². The number of hydrogen-bond acceptors (Lipinski definition) is 6. The molecular formula is C23H15FN8. The van der Waals surface area contributed by atoms with Crippen LogP contribution in [0, 0.1) is 12.7 Å². The highest BCUT2D eigenvalue weighted by Crippen LogP contribution is 2.32. The zero-order valence-electron chi connectivity index (χ0n) is 16.8.